The molecule has 2 aromatic carbocycles. The Kier molecular flexibility index (Phi) is 7.83. The quantitative estimate of drug-likeness (QED) is 0.428. The zero-order chi connectivity index (χ0) is 24.2. The predicted octanol–water partition coefficient (Wildman–Crippen LogP) is 5.60. The zero-order valence-electron chi connectivity index (χ0n) is 17.0. The molecule has 0 aliphatic heterocycles. The van der Waals surface area contributed by atoms with Gasteiger partial charge in [0.1, 0.15) is 5.69 Å². The maximum absolute atomic E-state index is 12.8. The second-order valence-corrected chi connectivity index (χ2v) is 8.54. The summed E-state index contributed by atoms with van der Waals surface area (Å²) in [6.45, 7) is -0.395. The highest BCUT2D eigenvalue weighted by Gasteiger charge is 2.30. The van der Waals surface area contributed by atoms with Crippen molar-refractivity contribution < 1.29 is 22.8 Å². The molecule has 0 aliphatic rings. The van der Waals surface area contributed by atoms with Gasteiger partial charge in [-0.3, -0.25) is 9.59 Å². The predicted molar refractivity (Wildman–Crippen MR) is 122 cm³/mol. The maximum Gasteiger partial charge on any atom is 0.416 e. The third kappa shape index (κ3) is 6.59. The molecular weight excluding hydrogens is 500 g/mol. The first-order valence-corrected chi connectivity index (χ1v) is 11.0. The molecule has 0 saturated heterocycles. The van der Waals surface area contributed by atoms with E-state index in [1.54, 1.807) is 18.2 Å². The minimum Gasteiger partial charge on any atom is -0.350 e. The number of alkyl halides is 3. The van der Waals surface area contributed by atoms with Crippen LogP contribution >= 0.6 is 34.5 Å². The SMILES string of the molecule is CN(CC(=O)NCc1cccc(C(F)(F)F)c1)C(=O)c1csc(Nc2cccc(Cl)c2Cl)n1. The Labute approximate surface area is 201 Å². The molecule has 33 heavy (non-hydrogen) atoms. The van der Waals surface area contributed by atoms with Gasteiger partial charge in [0.25, 0.3) is 5.91 Å². The van der Waals surface area contributed by atoms with Crippen LogP contribution in [0.4, 0.5) is 24.0 Å². The van der Waals surface area contributed by atoms with Crippen LogP contribution in [0.1, 0.15) is 21.6 Å². The molecule has 0 atom stereocenters. The Morgan fingerprint density at radius 2 is 1.88 bits per heavy atom. The maximum atomic E-state index is 12.8. The highest BCUT2D eigenvalue weighted by atomic mass is 35.5. The van der Waals surface area contributed by atoms with Gasteiger partial charge < -0.3 is 15.5 Å². The van der Waals surface area contributed by atoms with Crippen LogP contribution < -0.4 is 10.6 Å². The van der Waals surface area contributed by atoms with Crippen molar-refractivity contribution in [3.05, 3.63) is 74.7 Å². The Morgan fingerprint density at radius 3 is 2.61 bits per heavy atom. The first-order valence-electron chi connectivity index (χ1n) is 9.39. The normalized spacial score (nSPS) is 11.2. The number of carbonyl (C=O) groups is 2. The number of nitrogens with zero attached hydrogens (tertiary/aromatic N) is 2. The number of hydrogen-bond donors (Lipinski definition) is 2. The standard InChI is InChI=1S/C21H17Cl2F3N4O2S/c1-30(10-17(31)27-9-12-4-2-5-13(8-12)21(24,25)26)19(32)16-11-33-20(29-16)28-15-7-3-6-14(22)18(15)23/h2-8,11H,9-10H2,1H3,(H,27,31)(H,28,29). The summed E-state index contributed by atoms with van der Waals surface area (Å²) in [5.74, 6) is -1.02. The molecular formula is C21H17Cl2F3N4O2S. The summed E-state index contributed by atoms with van der Waals surface area (Å²) in [7, 11) is 1.42. The molecule has 2 amide bonds. The lowest BCUT2D eigenvalue weighted by Gasteiger charge is -2.16. The fourth-order valence-corrected chi connectivity index (χ4v) is 3.79. The lowest BCUT2D eigenvalue weighted by atomic mass is 10.1. The van der Waals surface area contributed by atoms with Gasteiger partial charge in [-0.2, -0.15) is 13.2 Å². The largest absolute Gasteiger partial charge is 0.416 e. The number of carbonyl (C=O) groups excluding carboxylic acids is 2. The second kappa shape index (κ2) is 10.4. The first kappa shape index (κ1) is 24.8. The van der Waals surface area contributed by atoms with Gasteiger partial charge in [0, 0.05) is 19.0 Å². The van der Waals surface area contributed by atoms with E-state index in [9.17, 15) is 22.8 Å². The van der Waals surface area contributed by atoms with E-state index in [2.05, 4.69) is 15.6 Å². The molecule has 12 heteroatoms. The summed E-state index contributed by atoms with van der Waals surface area (Å²) >= 11 is 13.3. The van der Waals surface area contributed by atoms with Crippen molar-refractivity contribution in [2.75, 3.05) is 18.9 Å². The fourth-order valence-electron chi connectivity index (χ4n) is 2.74. The first-order chi connectivity index (χ1) is 15.5. The van der Waals surface area contributed by atoms with Crippen LogP contribution in [0.15, 0.2) is 47.8 Å². The Morgan fingerprint density at radius 1 is 1.15 bits per heavy atom. The molecule has 0 spiro atoms. The number of benzene rings is 2. The Bertz CT molecular complexity index is 1170. The van der Waals surface area contributed by atoms with Crippen molar-refractivity contribution in [1.29, 1.82) is 0 Å². The Hall–Kier alpha value is -2.82. The zero-order valence-corrected chi connectivity index (χ0v) is 19.4. The minimum absolute atomic E-state index is 0.101. The van der Waals surface area contributed by atoms with E-state index in [4.69, 9.17) is 23.2 Å². The van der Waals surface area contributed by atoms with E-state index in [0.29, 0.717) is 26.4 Å². The van der Waals surface area contributed by atoms with Crippen molar-refractivity contribution in [3.63, 3.8) is 0 Å². The minimum atomic E-state index is -4.47. The van der Waals surface area contributed by atoms with Crippen LogP contribution in [0.2, 0.25) is 10.0 Å². The highest BCUT2D eigenvalue weighted by Crippen LogP contribution is 2.32. The lowest BCUT2D eigenvalue weighted by Crippen LogP contribution is -2.38. The molecule has 0 radical (unpaired) electrons. The van der Waals surface area contributed by atoms with Crippen molar-refractivity contribution in [3.8, 4) is 0 Å². The molecule has 174 valence electrons. The van der Waals surface area contributed by atoms with E-state index in [0.717, 1.165) is 17.0 Å². The topological polar surface area (TPSA) is 74.3 Å². The monoisotopic (exact) mass is 516 g/mol. The summed E-state index contributed by atoms with van der Waals surface area (Å²) in [6.07, 6.45) is -4.47. The number of nitrogens with one attached hydrogen (secondary N) is 2. The molecule has 0 unspecified atom stereocenters. The molecule has 0 bridgehead atoms. The van der Waals surface area contributed by atoms with Crippen molar-refractivity contribution in [1.82, 2.24) is 15.2 Å². The van der Waals surface area contributed by atoms with Crippen molar-refractivity contribution in [2.24, 2.45) is 0 Å². The number of rotatable bonds is 7. The fraction of sp³-hybridized carbons (Fsp3) is 0.190. The summed E-state index contributed by atoms with van der Waals surface area (Å²) in [6, 6.07) is 9.71. The lowest BCUT2D eigenvalue weighted by molar-refractivity contribution is -0.137. The molecule has 1 heterocycles. The molecule has 0 saturated carbocycles. The number of amides is 2. The molecule has 3 aromatic rings. The smallest absolute Gasteiger partial charge is 0.350 e. The molecule has 6 nitrogen and oxygen atoms in total. The van der Waals surface area contributed by atoms with Crippen LogP contribution in [0, 0.1) is 0 Å². The van der Waals surface area contributed by atoms with Gasteiger partial charge in [0.15, 0.2) is 5.13 Å². The van der Waals surface area contributed by atoms with Gasteiger partial charge in [-0.1, -0.05) is 41.4 Å². The third-order valence-corrected chi connectivity index (χ3v) is 5.96. The molecule has 2 N–H and O–H groups in total. The van der Waals surface area contributed by atoms with E-state index in [1.807, 2.05) is 0 Å². The van der Waals surface area contributed by atoms with Gasteiger partial charge in [-0.25, -0.2) is 4.98 Å². The van der Waals surface area contributed by atoms with Crippen LogP contribution in [0.25, 0.3) is 0 Å². The van der Waals surface area contributed by atoms with Gasteiger partial charge in [0.2, 0.25) is 5.91 Å². The summed E-state index contributed by atoms with van der Waals surface area (Å²) in [4.78, 5) is 30.1. The van der Waals surface area contributed by atoms with Crippen LogP contribution in [-0.4, -0.2) is 35.3 Å². The van der Waals surface area contributed by atoms with E-state index in [1.165, 1.54) is 35.9 Å². The molecule has 0 aliphatic carbocycles. The van der Waals surface area contributed by atoms with Gasteiger partial charge in [-0.05, 0) is 29.8 Å². The average molecular weight is 517 g/mol. The second-order valence-electron chi connectivity index (χ2n) is 6.90. The van der Waals surface area contributed by atoms with Crippen LogP contribution in [-0.2, 0) is 17.5 Å². The van der Waals surface area contributed by atoms with Crippen LogP contribution in [0.3, 0.4) is 0 Å². The highest BCUT2D eigenvalue weighted by molar-refractivity contribution is 7.14. The van der Waals surface area contributed by atoms with Gasteiger partial charge in [-0.15, -0.1) is 11.3 Å². The van der Waals surface area contributed by atoms with E-state index < -0.39 is 23.6 Å². The average Bonchev–Trinajstić information content (AvgIpc) is 3.23. The van der Waals surface area contributed by atoms with E-state index >= 15 is 0 Å². The third-order valence-electron chi connectivity index (χ3n) is 4.39. The number of halogens is 5. The number of hydrogen-bond acceptors (Lipinski definition) is 5. The number of thiazole rings is 1. The van der Waals surface area contributed by atoms with Gasteiger partial charge >= 0.3 is 6.18 Å². The summed E-state index contributed by atoms with van der Waals surface area (Å²) < 4.78 is 38.4. The van der Waals surface area contributed by atoms with Gasteiger partial charge in [0.05, 0.1) is 27.8 Å². The van der Waals surface area contributed by atoms with Crippen molar-refractivity contribution >= 4 is 57.2 Å². The number of anilines is 2. The summed E-state index contributed by atoms with van der Waals surface area (Å²) in [5.41, 5.74) is 0.143. The van der Waals surface area contributed by atoms with Crippen LogP contribution in [0.5, 0.6) is 0 Å². The Balaban J connectivity index is 1.55. The molecule has 3 rings (SSSR count). The number of likely N-dealkylation sites (N-methyl/N-ethyl adjacent to an activating group) is 1. The van der Waals surface area contributed by atoms with Crippen molar-refractivity contribution in [2.45, 2.75) is 12.7 Å². The van der Waals surface area contributed by atoms with E-state index in [-0.39, 0.29) is 18.8 Å². The molecule has 0 fully saturated rings. The molecule has 1 aromatic heterocycles. The number of aromatic nitrogens is 1. The summed E-state index contributed by atoms with van der Waals surface area (Å²) in [5, 5.41) is 8.11.